The van der Waals surface area contributed by atoms with Crippen molar-refractivity contribution in [1.82, 2.24) is 0 Å². The highest BCUT2D eigenvalue weighted by Crippen LogP contribution is 2.42. The number of hydrogen-bond donors (Lipinski definition) is 2. The minimum atomic E-state index is -4.02. The number of benzene rings is 1. The summed E-state index contributed by atoms with van der Waals surface area (Å²) in [6, 6.07) is 5.99. The van der Waals surface area contributed by atoms with Crippen LogP contribution in [-0.2, 0) is 19.6 Å². The number of hydrogen-bond acceptors (Lipinski definition) is 5. The van der Waals surface area contributed by atoms with Gasteiger partial charge in [-0.25, -0.2) is 0 Å². The van der Waals surface area contributed by atoms with E-state index in [1.165, 1.54) is 19.2 Å². The highest BCUT2D eigenvalue weighted by Gasteiger charge is 2.56. The van der Waals surface area contributed by atoms with Crippen LogP contribution in [0.4, 0.5) is 0 Å². The molecule has 2 atom stereocenters. The lowest BCUT2D eigenvalue weighted by atomic mass is 10.2. The van der Waals surface area contributed by atoms with E-state index in [9.17, 15) is 13.2 Å². The van der Waals surface area contributed by atoms with Gasteiger partial charge in [-0.3, -0.25) is 9.35 Å². The van der Waals surface area contributed by atoms with Gasteiger partial charge < -0.3 is 10.5 Å². The van der Waals surface area contributed by atoms with Crippen LogP contribution in [0.15, 0.2) is 41.8 Å². The van der Waals surface area contributed by atoms with Crippen molar-refractivity contribution in [3.05, 3.63) is 42.5 Å². The molecule has 0 bridgehead atoms. The Morgan fingerprint density at radius 1 is 1.48 bits per heavy atom. The largest absolute Gasteiger partial charge is 0.468 e. The van der Waals surface area contributed by atoms with Gasteiger partial charge in [0.2, 0.25) is 0 Å². The molecule has 1 aromatic carbocycles. The molecular formula is C14H19NO5S. The molecule has 0 saturated heterocycles. The monoisotopic (exact) mass is 313 g/mol. The summed E-state index contributed by atoms with van der Waals surface area (Å²) in [5, 5.41) is 0. The fraction of sp³-hybridized carbons (Fsp3) is 0.357. The fourth-order valence-corrected chi connectivity index (χ4v) is 2.21. The van der Waals surface area contributed by atoms with Crippen molar-refractivity contribution >= 4 is 16.1 Å². The average Bonchev–Trinajstić information content (AvgIpc) is 3.10. The summed E-state index contributed by atoms with van der Waals surface area (Å²) < 4.78 is 34.0. The number of esters is 1. The molecule has 0 amide bonds. The number of carbonyl (C=O) groups excluding carboxylic acids is 1. The van der Waals surface area contributed by atoms with E-state index in [4.69, 9.17) is 10.3 Å². The Bertz CT molecular complexity index is 623. The Hall–Kier alpha value is -1.70. The van der Waals surface area contributed by atoms with Crippen LogP contribution < -0.4 is 5.73 Å². The lowest BCUT2D eigenvalue weighted by molar-refractivity contribution is -0.143. The quantitative estimate of drug-likeness (QED) is 0.495. The Morgan fingerprint density at radius 3 is 2.33 bits per heavy atom. The molecule has 3 N–H and O–H groups in total. The molecule has 0 heterocycles. The minimum Gasteiger partial charge on any atom is -0.468 e. The first-order chi connectivity index (χ1) is 9.65. The lowest BCUT2D eigenvalue weighted by Gasteiger charge is -2.05. The summed E-state index contributed by atoms with van der Waals surface area (Å²) in [5.41, 5.74) is 5.81. The standard InChI is InChI=1S/C7H11NO2.C7H8O3S/c1-3-5-4-7(5,8)6(9)10-2;1-6-2-4-7(5-3-6)11(8,9)10/h3,5H,1,4,8H2,2H3;2-5H,1H3,(H,8,9,10)/t5-,7+;/m0./s1. The van der Waals surface area contributed by atoms with E-state index in [0.29, 0.717) is 6.42 Å². The second-order valence-corrected chi connectivity index (χ2v) is 6.29. The van der Waals surface area contributed by atoms with Crippen LogP contribution >= 0.6 is 0 Å². The van der Waals surface area contributed by atoms with Crippen molar-refractivity contribution < 1.29 is 22.5 Å². The molecule has 1 aliphatic carbocycles. The Labute approximate surface area is 124 Å². The zero-order valence-corrected chi connectivity index (χ0v) is 12.8. The summed E-state index contributed by atoms with van der Waals surface area (Å²) in [4.78, 5) is 10.8. The third-order valence-electron chi connectivity index (χ3n) is 3.23. The molecule has 1 aromatic rings. The molecule has 1 saturated carbocycles. The van der Waals surface area contributed by atoms with E-state index in [2.05, 4.69) is 11.3 Å². The van der Waals surface area contributed by atoms with E-state index < -0.39 is 15.7 Å². The highest BCUT2D eigenvalue weighted by atomic mass is 32.2. The number of aryl methyl sites for hydroxylation is 1. The topological polar surface area (TPSA) is 107 Å². The zero-order chi connectivity index (χ0) is 16.3. The van der Waals surface area contributed by atoms with E-state index >= 15 is 0 Å². The normalized spacial score (nSPS) is 23.5. The van der Waals surface area contributed by atoms with Gasteiger partial charge >= 0.3 is 5.97 Å². The second-order valence-electron chi connectivity index (χ2n) is 4.87. The maximum absolute atomic E-state index is 10.9. The van der Waals surface area contributed by atoms with Crippen LogP contribution in [0.5, 0.6) is 0 Å². The van der Waals surface area contributed by atoms with Crippen LogP contribution in [0.25, 0.3) is 0 Å². The van der Waals surface area contributed by atoms with Gasteiger partial charge in [-0.1, -0.05) is 23.8 Å². The van der Waals surface area contributed by atoms with Gasteiger partial charge in [0.25, 0.3) is 10.1 Å². The lowest BCUT2D eigenvalue weighted by Crippen LogP contribution is -2.36. The fourth-order valence-electron chi connectivity index (χ4n) is 1.73. The number of carbonyl (C=O) groups is 1. The molecule has 0 spiro atoms. The summed E-state index contributed by atoms with van der Waals surface area (Å²) in [6.07, 6.45) is 2.36. The molecule has 2 rings (SSSR count). The van der Waals surface area contributed by atoms with Crippen molar-refractivity contribution in [2.45, 2.75) is 23.8 Å². The number of methoxy groups -OCH3 is 1. The molecule has 7 heteroatoms. The molecule has 0 unspecified atom stereocenters. The summed E-state index contributed by atoms with van der Waals surface area (Å²) in [5.74, 6) is -0.225. The van der Waals surface area contributed by atoms with Gasteiger partial charge in [-0.15, -0.1) is 6.58 Å². The predicted molar refractivity (Wildman–Crippen MR) is 78.2 cm³/mol. The second kappa shape index (κ2) is 6.38. The summed E-state index contributed by atoms with van der Waals surface area (Å²) in [7, 11) is -2.68. The SMILES string of the molecule is C=C[C@H]1C[C@]1(N)C(=O)OC.Cc1ccc(S(=O)(=O)O)cc1. The Morgan fingerprint density at radius 2 is 2.00 bits per heavy atom. The molecule has 21 heavy (non-hydrogen) atoms. The van der Waals surface area contributed by atoms with E-state index in [1.807, 2.05) is 6.92 Å². The van der Waals surface area contributed by atoms with Crippen molar-refractivity contribution in [3.8, 4) is 0 Å². The van der Waals surface area contributed by atoms with Gasteiger partial charge in [-0.05, 0) is 25.5 Å². The molecule has 116 valence electrons. The third-order valence-corrected chi connectivity index (χ3v) is 4.10. The molecular weight excluding hydrogens is 294 g/mol. The first-order valence-electron chi connectivity index (χ1n) is 6.19. The molecule has 0 aliphatic heterocycles. The maximum Gasteiger partial charge on any atom is 0.326 e. The van der Waals surface area contributed by atoms with Gasteiger partial charge in [-0.2, -0.15) is 8.42 Å². The van der Waals surface area contributed by atoms with Crippen LogP contribution in [0, 0.1) is 12.8 Å². The maximum atomic E-state index is 10.9. The molecule has 0 aromatic heterocycles. The van der Waals surface area contributed by atoms with Crippen molar-refractivity contribution in [2.24, 2.45) is 11.7 Å². The van der Waals surface area contributed by atoms with Crippen molar-refractivity contribution in [1.29, 1.82) is 0 Å². The average molecular weight is 313 g/mol. The smallest absolute Gasteiger partial charge is 0.326 e. The highest BCUT2D eigenvalue weighted by molar-refractivity contribution is 7.85. The number of rotatable bonds is 3. The van der Waals surface area contributed by atoms with Crippen LogP contribution in [0.2, 0.25) is 0 Å². The van der Waals surface area contributed by atoms with Gasteiger partial charge in [0.05, 0.1) is 12.0 Å². The van der Waals surface area contributed by atoms with Crippen LogP contribution in [-0.4, -0.2) is 31.6 Å². The van der Waals surface area contributed by atoms with E-state index in [0.717, 1.165) is 5.56 Å². The Kier molecular flexibility index (Phi) is 5.27. The van der Waals surface area contributed by atoms with Crippen molar-refractivity contribution in [3.63, 3.8) is 0 Å². The minimum absolute atomic E-state index is 0.0666. The Balaban J connectivity index is 0.000000211. The van der Waals surface area contributed by atoms with Gasteiger partial charge in [0.15, 0.2) is 0 Å². The molecule has 1 fully saturated rings. The van der Waals surface area contributed by atoms with Crippen LogP contribution in [0.1, 0.15) is 12.0 Å². The molecule has 1 aliphatic rings. The third kappa shape index (κ3) is 4.38. The zero-order valence-electron chi connectivity index (χ0n) is 11.9. The summed E-state index contributed by atoms with van der Waals surface area (Å²) in [6.45, 7) is 5.39. The molecule has 6 nitrogen and oxygen atoms in total. The predicted octanol–water partition coefficient (Wildman–Crippen LogP) is 1.30. The molecule has 0 radical (unpaired) electrons. The first kappa shape index (κ1) is 17.4. The van der Waals surface area contributed by atoms with Gasteiger partial charge in [0, 0.05) is 5.92 Å². The van der Waals surface area contributed by atoms with E-state index in [1.54, 1.807) is 18.2 Å². The summed E-state index contributed by atoms with van der Waals surface area (Å²) >= 11 is 0. The number of nitrogens with two attached hydrogens (primary N) is 1. The van der Waals surface area contributed by atoms with Gasteiger partial charge in [0.1, 0.15) is 5.54 Å². The van der Waals surface area contributed by atoms with Crippen LogP contribution in [0.3, 0.4) is 0 Å². The first-order valence-corrected chi connectivity index (χ1v) is 7.63. The number of ether oxygens (including phenoxy) is 1. The van der Waals surface area contributed by atoms with Crippen molar-refractivity contribution in [2.75, 3.05) is 7.11 Å². The van der Waals surface area contributed by atoms with E-state index in [-0.39, 0.29) is 16.8 Å².